The molecule has 0 fully saturated rings. The van der Waals surface area contributed by atoms with Crippen LogP contribution < -0.4 is 19.4 Å². The van der Waals surface area contributed by atoms with Gasteiger partial charge < -0.3 is 14.8 Å². The number of carbonyl (C=O) groups is 1. The molecule has 0 saturated heterocycles. The minimum Gasteiger partial charge on any atom is -0.493 e. The van der Waals surface area contributed by atoms with Crippen molar-refractivity contribution in [3.05, 3.63) is 70.2 Å². The molecule has 6 heteroatoms. The molecule has 1 amide bonds. The van der Waals surface area contributed by atoms with Gasteiger partial charge in [-0.25, -0.2) is 0 Å². The van der Waals surface area contributed by atoms with Crippen molar-refractivity contribution in [2.24, 2.45) is 0 Å². The number of carbonyl (C=O) groups excluding carboxylic acids is 1. The maximum absolute atomic E-state index is 12.7. The monoisotopic (exact) mass is 579 g/mol. The van der Waals surface area contributed by atoms with Crippen LogP contribution in [-0.2, 0) is 16.8 Å². The van der Waals surface area contributed by atoms with Crippen molar-refractivity contribution in [3.8, 4) is 11.5 Å². The van der Waals surface area contributed by atoms with E-state index in [0.29, 0.717) is 5.75 Å². The molecular formula is C35H51N2O3S+. The lowest BCUT2D eigenvalue weighted by molar-refractivity contribution is -0.683. The van der Waals surface area contributed by atoms with Crippen molar-refractivity contribution in [1.82, 2.24) is 0 Å². The number of hydrogen-bond acceptors (Lipinski definition) is 4. The summed E-state index contributed by atoms with van der Waals surface area (Å²) in [7, 11) is 0. The molecule has 0 saturated carbocycles. The number of nitrogens with zero attached hydrogens (tertiary/aromatic N) is 1. The smallest absolute Gasteiger partial charge is 0.262 e. The zero-order valence-corrected chi connectivity index (χ0v) is 26.8. The second-order valence-electron chi connectivity index (χ2n) is 12.1. The molecule has 0 aliphatic rings. The minimum absolute atomic E-state index is 0.0505. The molecule has 0 radical (unpaired) electrons. The number of rotatable bonds is 18. The molecule has 1 aromatic heterocycles. The number of thiazole rings is 1. The Labute approximate surface area is 252 Å². The predicted octanol–water partition coefficient (Wildman–Crippen LogP) is 9.01. The summed E-state index contributed by atoms with van der Waals surface area (Å²) in [6.07, 6.45) is 15.2. The van der Waals surface area contributed by atoms with E-state index in [2.05, 4.69) is 62.3 Å². The van der Waals surface area contributed by atoms with Crippen LogP contribution in [0.4, 0.5) is 5.69 Å². The van der Waals surface area contributed by atoms with E-state index >= 15 is 0 Å². The van der Waals surface area contributed by atoms with Gasteiger partial charge in [-0.2, -0.15) is 4.57 Å². The van der Waals surface area contributed by atoms with E-state index in [4.69, 9.17) is 9.47 Å². The van der Waals surface area contributed by atoms with Gasteiger partial charge in [0.15, 0.2) is 19.3 Å². The normalized spacial score (nSPS) is 11.4. The molecule has 3 rings (SSSR count). The maximum atomic E-state index is 12.7. The lowest BCUT2D eigenvalue weighted by atomic mass is 9.86. The van der Waals surface area contributed by atoms with Crippen LogP contribution in [0.1, 0.15) is 108 Å². The van der Waals surface area contributed by atoms with E-state index in [0.717, 1.165) is 42.1 Å². The molecule has 0 bridgehead atoms. The molecule has 0 unspecified atom stereocenters. The molecular weight excluding hydrogens is 528 g/mol. The van der Waals surface area contributed by atoms with Crippen LogP contribution in [0, 0.1) is 6.92 Å². The second kappa shape index (κ2) is 17.2. The lowest BCUT2D eigenvalue weighted by Crippen LogP contribution is -2.30. The van der Waals surface area contributed by atoms with Crippen LogP contribution in [-0.4, -0.2) is 19.1 Å². The zero-order chi connectivity index (χ0) is 29.5. The fourth-order valence-corrected chi connectivity index (χ4v) is 5.55. The van der Waals surface area contributed by atoms with E-state index in [1.165, 1.54) is 62.7 Å². The number of aromatic nitrogens is 1. The first-order chi connectivity index (χ1) is 19.7. The molecule has 1 N–H and O–H groups in total. The van der Waals surface area contributed by atoms with Gasteiger partial charge in [0.25, 0.3) is 5.91 Å². The van der Waals surface area contributed by atoms with Crippen LogP contribution >= 0.6 is 11.3 Å². The van der Waals surface area contributed by atoms with Crippen molar-refractivity contribution in [2.45, 2.75) is 111 Å². The van der Waals surface area contributed by atoms with Crippen LogP contribution in [0.2, 0.25) is 0 Å². The van der Waals surface area contributed by atoms with Crippen LogP contribution in [0.5, 0.6) is 11.5 Å². The summed E-state index contributed by atoms with van der Waals surface area (Å²) < 4.78 is 14.3. The van der Waals surface area contributed by atoms with E-state index in [1.807, 2.05) is 36.4 Å². The number of unbranched alkanes of at least 4 members (excludes halogenated alkanes) is 9. The molecule has 2 aromatic carbocycles. The summed E-state index contributed by atoms with van der Waals surface area (Å²) in [5.41, 5.74) is 5.00. The third-order valence-corrected chi connectivity index (χ3v) is 8.04. The van der Waals surface area contributed by atoms with Crippen molar-refractivity contribution < 1.29 is 18.8 Å². The van der Waals surface area contributed by atoms with Gasteiger partial charge in [0.05, 0.1) is 11.5 Å². The second-order valence-corrected chi connectivity index (χ2v) is 13.2. The van der Waals surface area contributed by atoms with Crippen LogP contribution in [0.25, 0.3) is 0 Å². The topological polar surface area (TPSA) is 51.4 Å². The average molecular weight is 580 g/mol. The van der Waals surface area contributed by atoms with Gasteiger partial charge >= 0.3 is 0 Å². The summed E-state index contributed by atoms with van der Waals surface area (Å²) >= 11 is 1.72. The Hall–Kier alpha value is -2.86. The van der Waals surface area contributed by atoms with Gasteiger partial charge in [0, 0.05) is 16.8 Å². The van der Waals surface area contributed by atoms with E-state index in [1.54, 1.807) is 11.3 Å². The average Bonchev–Trinajstić information content (AvgIpc) is 3.34. The number of nitrogens with one attached hydrogen (secondary N) is 1. The summed E-state index contributed by atoms with van der Waals surface area (Å²) in [4.78, 5) is 13.9. The fraction of sp³-hybridized carbons (Fsp3) is 0.543. The molecule has 224 valence electrons. The molecule has 0 spiro atoms. The predicted molar refractivity (Wildman–Crippen MR) is 171 cm³/mol. The van der Waals surface area contributed by atoms with E-state index < -0.39 is 0 Å². The van der Waals surface area contributed by atoms with Crippen molar-refractivity contribution in [1.29, 1.82) is 0 Å². The van der Waals surface area contributed by atoms with Gasteiger partial charge in [-0.15, -0.1) is 0 Å². The number of anilines is 1. The quantitative estimate of drug-likeness (QED) is 0.121. The van der Waals surface area contributed by atoms with E-state index in [9.17, 15) is 4.79 Å². The Bertz CT molecular complexity index is 1200. The first-order valence-electron chi connectivity index (χ1n) is 15.5. The minimum atomic E-state index is -0.181. The first kappa shape index (κ1) is 32.7. The van der Waals surface area contributed by atoms with Gasteiger partial charge in [0.2, 0.25) is 5.51 Å². The molecule has 0 aliphatic heterocycles. The summed E-state index contributed by atoms with van der Waals surface area (Å²) in [6.45, 7) is 12.3. The summed E-state index contributed by atoms with van der Waals surface area (Å²) in [6, 6.07) is 13.9. The standard InChI is InChI=1S/C35H50N2O3S/c1-6-7-8-9-10-11-12-13-14-15-21-39-33-20-19-31(23-32(33)35(3,4)5)40-26-34(38)36-30-18-16-17-29(22-30)25-37-24-28(2)41-27-37/h16-20,22-24,27H,6-15,21,25-26H2,1-5H3/p+1. The Morgan fingerprint density at radius 3 is 2.27 bits per heavy atom. The number of amides is 1. The molecule has 3 aromatic rings. The van der Waals surface area contributed by atoms with Gasteiger partial charge in [0.1, 0.15) is 11.5 Å². The molecule has 41 heavy (non-hydrogen) atoms. The van der Waals surface area contributed by atoms with Crippen molar-refractivity contribution in [2.75, 3.05) is 18.5 Å². The van der Waals surface area contributed by atoms with Crippen LogP contribution in [0.3, 0.4) is 0 Å². The molecule has 0 aliphatic carbocycles. The molecule has 0 atom stereocenters. The SMILES string of the molecule is CCCCCCCCCCCCOc1ccc(OCC(=O)Nc2cccc(C[n+]3csc(C)c3)c2)cc1C(C)(C)C. The number of benzene rings is 2. The highest BCUT2D eigenvalue weighted by Gasteiger charge is 2.20. The van der Waals surface area contributed by atoms with Crippen molar-refractivity contribution >= 4 is 22.9 Å². The fourth-order valence-electron chi connectivity index (χ4n) is 4.91. The Balaban J connectivity index is 1.43. The highest BCUT2D eigenvalue weighted by atomic mass is 32.1. The summed E-state index contributed by atoms with van der Waals surface area (Å²) in [5.74, 6) is 1.40. The van der Waals surface area contributed by atoms with E-state index in [-0.39, 0.29) is 17.9 Å². The van der Waals surface area contributed by atoms with Gasteiger partial charge in [-0.05, 0) is 49.1 Å². The Morgan fingerprint density at radius 2 is 1.61 bits per heavy atom. The maximum Gasteiger partial charge on any atom is 0.262 e. The van der Waals surface area contributed by atoms with Crippen molar-refractivity contribution in [3.63, 3.8) is 0 Å². The highest BCUT2D eigenvalue weighted by Crippen LogP contribution is 2.34. The molecule has 1 heterocycles. The Kier molecular flexibility index (Phi) is 13.7. The highest BCUT2D eigenvalue weighted by molar-refractivity contribution is 7.09. The molecule has 5 nitrogen and oxygen atoms in total. The number of aryl methyl sites for hydroxylation is 1. The summed E-state index contributed by atoms with van der Waals surface area (Å²) in [5, 5.41) is 2.97. The third kappa shape index (κ3) is 12.3. The first-order valence-corrected chi connectivity index (χ1v) is 16.4. The zero-order valence-electron chi connectivity index (χ0n) is 26.0. The lowest BCUT2D eigenvalue weighted by Gasteiger charge is -2.24. The largest absolute Gasteiger partial charge is 0.493 e. The Morgan fingerprint density at radius 1 is 0.902 bits per heavy atom. The number of hydrogen-bond donors (Lipinski definition) is 1. The third-order valence-electron chi connectivity index (χ3n) is 7.18. The van der Waals surface area contributed by atoms with Crippen LogP contribution in [0.15, 0.2) is 54.2 Å². The van der Waals surface area contributed by atoms with Gasteiger partial charge in [-0.1, -0.05) is 109 Å². The van der Waals surface area contributed by atoms with Gasteiger partial charge in [-0.3, -0.25) is 4.79 Å². The number of ether oxygens (including phenoxy) is 2.